The van der Waals surface area contributed by atoms with Gasteiger partial charge in [-0.3, -0.25) is 10.1 Å². The van der Waals surface area contributed by atoms with Crippen molar-refractivity contribution in [3.63, 3.8) is 0 Å². The Hall–Kier alpha value is -1.40. The number of nitrogens with one attached hydrogen (secondary N) is 2. The van der Waals surface area contributed by atoms with Crippen LogP contribution in [0.25, 0.3) is 0 Å². The van der Waals surface area contributed by atoms with Gasteiger partial charge in [-0.15, -0.1) is 0 Å². The molecule has 2 rings (SSSR count). The lowest BCUT2D eigenvalue weighted by molar-refractivity contribution is -0.385. The highest BCUT2D eigenvalue weighted by atomic mass is 35.5. The summed E-state index contributed by atoms with van der Waals surface area (Å²) in [6.07, 6.45) is 2.17. The number of rotatable bonds is 3. The first kappa shape index (κ1) is 12.1. The zero-order chi connectivity index (χ0) is 12.5. The highest BCUT2D eigenvalue weighted by Gasteiger charge is 2.29. The molecular weight excluding hydrogens is 244 g/mol. The summed E-state index contributed by atoms with van der Waals surface area (Å²) in [6, 6.07) is 1.31. The van der Waals surface area contributed by atoms with E-state index in [9.17, 15) is 10.1 Å². The van der Waals surface area contributed by atoms with Crippen molar-refractivity contribution in [1.29, 1.82) is 0 Å². The maximum absolute atomic E-state index is 10.5. The number of halogens is 1. The van der Waals surface area contributed by atoms with Gasteiger partial charge >= 0.3 is 0 Å². The van der Waals surface area contributed by atoms with Crippen LogP contribution in [0.2, 0.25) is 5.02 Å². The molecule has 0 aromatic carbocycles. The molecule has 17 heavy (non-hydrogen) atoms. The monoisotopic (exact) mass is 256 g/mol. The molecule has 7 heteroatoms. The lowest BCUT2D eigenvalue weighted by Crippen LogP contribution is -2.37. The Morgan fingerprint density at radius 2 is 2.47 bits per heavy atom. The van der Waals surface area contributed by atoms with Crippen LogP contribution in [0.4, 0.5) is 11.5 Å². The van der Waals surface area contributed by atoms with Crippen molar-refractivity contribution in [2.75, 3.05) is 18.4 Å². The lowest BCUT2D eigenvalue weighted by Gasteiger charge is -2.25. The van der Waals surface area contributed by atoms with Crippen molar-refractivity contribution in [3.05, 3.63) is 27.4 Å². The standard InChI is InChI=1S/C10H13ClN4O2/c1-10(2-3-12-6-10)14-9-8(11)4-7(5-13-9)15(16)17/h4-5,12H,2-3,6H2,1H3,(H,13,14). The summed E-state index contributed by atoms with van der Waals surface area (Å²) >= 11 is 5.96. The largest absolute Gasteiger partial charge is 0.362 e. The van der Waals surface area contributed by atoms with Crippen LogP contribution in [-0.4, -0.2) is 28.5 Å². The van der Waals surface area contributed by atoms with Crippen LogP contribution in [0.15, 0.2) is 12.3 Å². The summed E-state index contributed by atoms with van der Waals surface area (Å²) in [5.41, 5.74) is -0.206. The van der Waals surface area contributed by atoms with Crippen LogP contribution in [0.1, 0.15) is 13.3 Å². The molecule has 0 radical (unpaired) electrons. The van der Waals surface area contributed by atoms with E-state index in [2.05, 4.69) is 22.5 Å². The summed E-state index contributed by atoms with van der Waals surface area (Å²) in [5.74, 6) is 0.489. The maximum Gasteiger partial charge on any atom is 0.289 e. The quantitative estimate of drug-likeness (QED) is 0.637. The van der Waals surface area contributed by atoms with Gasteiger partial charge in [0.05, 0.1) is 9.95 Å². The molecule has 1 aliphatic heterocycles. The molecule has 92 valence electrons. The van der Waals surface area contributed by atoms with Gasteiger partial charge in [0, 0.05) is 18.2 Å². The summed E-state index contributed by atoms with van der Waals surface area (Å²) < 4.78 is 0. The van der Waals surface area contributed by atoms with Gasteiger partial charge in [0.1, 0.15) is 12.0 Å². The number of pyridine rings is 1. The van der Waals surface area contributed by atoms with Gasteiger partial charge < -0.3 is 10.6 Å². The highest BCUT2D eigenvalue weighted by molar-refractivity contribution is 6.33. The molecule has 0 amide bonds. The second-order valence-corrected chi connectivity index (χ2v) is 4.80. The van der Waals surface area contributed by atoms with Crippen LogP contribution >= 0.6 is 11.6 Å². The molecule has 6 nitrogen and oxygen atoms in total. The lowest BCUT2D eigenvalue weighted by atomic mass is 10.0. The predicted molar refractivity (Wildman–Crippen MR) is 65.4 cm³/mol. The Bertz CT molecular complexity index is 446. The first-order chi connectivity index (χ1) is 8.00. The normalized spacial score (nSPS) is 23.6. The second-order valence-electron chi connectivity index (χ2n) is 4.39. The molecule has 1 unspecified atom stereocenters. The molecule has 2 N–H and O–H groups in total. The van der Waals surface area contributed by atoms with Crippen molar-refractivity contribution < 1.29 is 4.92 Å². The minimum atomic E-state index is -0.512. The molecule has 0 aliphatic carbocycles. The smallest absolute Gasteiger partial charge is 0.289 e. The Balaban J connectivity index is 2.19. The third-order valence-electron chi connectivity index (χ3n) is 2.83. The number of aromatic nitrogens is 1. The van der Waals surface area contributed by atoms with Gasteiger partial charge in [-0.1, -0.05) is 11.6 Å². The molecule has 1 saturated heterocycles. The maximum atomic E-state index is 10.5. The van der Waals surface area contributed by atoms with Crippen LogP contribution in [0.5, 0.6) is 0 Å². The summed E-state index contributed by atoms with van der Waals surface area (Å²) in [5, 5.41) is 17.3. The average molecular weight is 257 g/mol. The molecule has 0 saturated carbocycles. The van der Waals surface area contributed by atoms with E-state index in [-0.39, 0.29) is 16.2 Å². The van der Waals surface area contributed by atoms with Crippen LogP contribution < -0.4 is 10.6 Å². The van der Waals surface area contributed by atoms with Crippen LogP contribution in [-0.2, 0) is 0 Å². The Morgan fingerprint density at radius 1 is 1.71 bits per heavy atom. The van der Waals surface area contributed by atoms with E-state index < -0.39 is 4.92 Å². The fourth-order valence-corrected chi connectivity index (χ4v) is 2.04. The van der Waals surface area contributed by atoms with Gasteiger partial charge in [0.2, 0.25) is 0 Å². The Labute approximate surface area is 104 Å². The van der Waals surface area contributed by atoms with E-state index in [0.29, 0.717) is 5.82 Å². The molecule has 1 aliphatic rings. The fourth-order valence-electron chi connectivity index (χ4n) is 1.83. The molecule has 0 bridgehead atoms. The zero-order valence-corrected chi connectivity index (χ0v) is 10.1. The van der Waals surface area contributed by atoms with E-state index >= 15 is 0 Å². The van der Waals surface area contributed by atoms with Crippen molar-refractivity contribution in [2.24, 2.45) is 0 Å². The van der Waals surface area contributed by atoms with Gasteiger partial charge in [0.15, 0.2) is 0 Å². The van der Waals surface area contributed by atoms with E-state index in [4.69, 9.17) is 11.6 Å². The third kappa shape index (κ3) is 2.65. The number of anilines is 1. The molecule has 1 atom stereocenters. The van der Waals surface area contributed by atoms with E-state index in [1.807, 2.05) is 0 Å². The van der Waals surface area contributed by atoms with Gasteiger partial charge in [-0.25, -0.2) is 4.98 Å². The third-order valence-corrected chi connectivity index (χ3v) is 3.11. The number of hydrogen-bond donors (Lipinski definition) is 2. The predicted octanol–water partition coefficient (Wildman–Crippen LogP) is 1.81. The Morgan fingerprint density at radius 3 is 3.00 bits per heavy atom. The molecule has 0 spiro atoms. The van der Waals surface area contributed by atoms with E-state index in [0.717, 1.165) is 19.5 Å². The SMILES string of the molecule is CC1(Nc2ncc([N+](=O)[O-])cc2Cl)CCNC1. The van der Waals surface area contributed by atoms with Gasteiger partial charge in [-0.05, 0) is 19.9 Å². The fraction of sp³-hybridized carbons (Fsp3) is 0.500. The van der Waals surface area contributed by atoms with Crippen molar-refractivity contribution in [1.82, 2.24) is 10.3 Å². The molecule has 1 aromatic rings. The number of nitrogens with zero attached hydrogens (tertiary/aromatic N) is 2. The van der Waals surface area contributed by atoms with E-state index in [1.165, 1.54) is 12.3 Å². The van der Waals surface area contributed by atoms with E-state index in [1.54, 1.807) is 0 Å². The Kier molecular flexibility index (Phi) is 3.17. The van der Waals surface area contributed by atoms with Crippen molar-refractivity contribution >= 4 is 23.1 Å². The second kappa shape index (κ2) is 4.46. The summed E-state index contributed by atoms with van der Waals surface area (Å²) in [7, 11) is 0. The minimum Gasteiger partial charge on any atom is -0.362 e. The first-order valence-electron chi connectivity index (χ1n) is 5.29. The molecule has 1 fully saturated rings. The highest BCUT2D eigenvalue weighted by Crippen LogP contribution is 2.28. The molecular formula is C10H13ClN4O2. The van der Waals surface area contributed by atoms with Crippen molar-refractivity contribution in [2.45, 2.75) is 18.9 Å². The van der Waals surface area contributed by atoms with Crippen LogP contribution in [0, 0.1) is 10.1 Å². The van der Waals surface area contributed by atoms with Crippen molar-refractivity contribution in [3.8, 4) is 0 Å². The number of hydrogen-bond acceptors (Lipinski definition) is 5. The topological polar surface area (TPSA) is 80.1 Å². The molecule has 1 aromatic heterocycles. The average Bonchev–Trinajstić information content (AvgIpc) is 2.68. The number of nitro groups is 1. The van der Waals surface area contributed by atoms with Crippen LogP contribution in [0.3, 0.4) is 0 Å². The summed E-state index contributed by atoms with van der Waals surface area (Å²) in [6.45, 7) is 3.82. The first-order valence-corrected chi connectivity index (χ1v) is 5.67. The van der Waals surface area contributed by atoms with Gasteiger partial charge in [0.25, 0.3) is 5.69 Å². The minimum absolute atomic E-state index is 0.102. The summed E-state index contributed by atoms with van der Waals surface area (Å²) in [4.78, 5) is 14.0. The molecule has 2 heterocycles. The zero-order valence-electron chi connectivity index (χ0n) is 9.36. The van der Waals surface area contributed by atoms with Gasteiger partial charge in [-0.2, -0.15) is 0 Å².